The lowest BCUT2D eigenvalue weighted by Gasteiger charge is -2.21. The Bertz CT molecular complexity index is 514. The molecule has 1 fully saturated rings. The zero-order valence-corrected chi connectivity index (χ0v) is 12.0. The maximum atomic E-state index is 12.4. The highest BCUT2D eigenvalue weighted by Gasteiger charge is 2.39. The number of nitrogens with zero attached hydrogens (tertiary/aromatic N) is 2. The molecule has 0 spiro atoms. The number of aliphatic carboxylic acids is 1. The van der Waals surface area contributed by atoms with Crippen LogP contribution in [0.25, 0.3) is 0 Å². The predicted molar refractivity (Wildman–Crippen MR) is 70.9 cm³/mol. The van der Waals surface area contributed by atoms with Crippen LogP contribution in [0.3, 0.4) is 0 Å². The van der Waals surface area contributed by atoms with Crippen molar-refractivity contribution in [3.8, 4) is 0 Å². The molecular formula is C12H15BrN2O4. The summed E-state index contributed by atoms with van der Waals surface area (Å²) in [4.78, 5) is 24.8. The van der Waals surface area contributed by atoms with Gasteiger partial charge in [-0.25, -0.2) is 4.79 Å². The number of hydrogen-bond donors (Lipinski definition) is 2. The van der Waals surface area contributed by atoms with Gasteiger partial charge in [-0.1, -0.05) is 0 Å². The first-order valence-corrected chi connectivity index (χ1v) is 6.80. The van der Waals surface area contributed by atoms with Gasteiger partial charge in [-0.3, -0.25) is 4.79 Å². The minimum absolute atomic E-state index is 0.0579. The van der Waals surface area contributed by atoms with E-state index in [0.29, 0.717) is 12.2 Å². The van der Waals surface area contributed by atoms with Crippen LogP contribution < -0.4 is 0 Å². The number of hydrogen-bond acceptors (Lipinski definition) is 3. The van der Waals surface area contributed by atoms with Gasteiger partial charge in [0.05, 0.1) is 6.10 Å². The third-order valence-corrected chi connectivity index (χ3v) is 3.68. The van der Waals surface area contributed by atoms with E-state index in [1.807, 2.05) is 6.92 Å². The van der Waals surface area contributed by atoms with Gasteiger partial charge in [-0.05, 0) is 28.9 Å². The van der Waals surface area contributed by atoms with E-state index in [4.69, 9.17) is 5.11 Å². The maximum Gasteiger partial charge on any atom is 0.326 e. The van der Waals surface area contributed by atoms with Crippen LogP contribution in [0.4, 0.5) is 0 Å². The van der Waals surface area contributed by atoms with Gasteiger partial charge in [-0.2, -0.15) is 0 Å². The van der Waals surface area contributed by atoms with Gasteiger partial charge in [0.1, 0.15) is 11.7 Å². The molecule has 6 nitrogen and oxygen atoms in total. The van der Waals surface area contributed by atoms with E-state index in [0.717, 1.165) is 4.47 Å². The highest BCUT2D eigenvalue weighted by Crippen LogP contribution is 2.23. The van der Waals surface area contributed by atoms with Gasteiger partial charge in [0.15, 0.2) is 0 Å². The Balaban J connectivity index is 2.30. The summed E-state index contributed by atoms with van der Waals surface area (Å²) in [6.07, 6.45) is 1.07. The fourth-order valence-electron chi connectivity index (χ4n) is 2.33. The molecule has 1 saturated heterocycles. The summed E-state index contributed by atoms with van der Waals surface area (Å²) in [7, 11) is 0. The molecule has 0 unspecified atom stereocenters. The molecule has 2 atom stereocenters. The van der Waals surface area contributed by atoms with Crippen molar-refractivity contribution in [2.24, 2.45) is 0 Å². The molecule has 7 heteroatoms. The summed E-state index contributed by atoms with van der Waals surface area (Å²) in [6.45, 7) is 2.57. The number of carbonyl (C=O) groups excluding carboxylic acids is 1. The molecule has 1 aromatic heterocycles. The number of halogens is 1. The Hall–Kier alpha value is -1.34. The fraction of sp³-hybridized carbons (Fsp3) is 0.500. The third kappa shape index (κ3) is 2.66. The smallest absolute Gasteiger partial charge is 0.326 e. The standard InChI is InChI=1S/C12H15BrN2O4/c1-2-14-5-7(13)3-9(14)11(17)15-6-8(16)4-10(15)12(18)19/h3,5,8,10,16H,2,4,6H2,1H3,(H,18,19)/t8-,10+/m1/s1. The average Bonchev–Trinajstić information content (AvgIpc) is 2.91. The fourth-order valence-corrected chi connectivity index (χ4v) is 2.80. The molecule has 19 heavy (non-hydrogen) atoms. The highest BCUT2D eigenvalue weighted by atomic mass is 79.9. The number of amides is 1. The van der Waals surface area contributed by atoms with Crippen molar-refractivity contribution < 1.29 is 19.8 Å². The topological polar surface area (TPSA) is 82.8 Å². The second kappa shape index (κ2) is 5.34. The van der Waals surface area contributed by atoms with E-state index in [1.165, 1.54) is 4.90 Å². The normalized spacial score (nSPS) is 22.8. The molecular weight excluding hydrogens is 316 g/mol. The van der Waals surface area contributed by atoms with Crippen LogP contribution in [0.2, 0.25) is 0 Å². The number of likely N-dealkylation sites (tertiary alicyclic amines) is 1. The molecule has 0 radical (unpaired) electrons. The van der Waals surface area contributed by atoms with Gasteiger partial charge in [0.2, 0.25) is 0 Å². The van der Waals surface area contributed by atoms with Crippen molar-refractivity contribution in [3.63, 3.8) is 0 Å². The van der Waals surface area contributed by atoms with Crippen molar-refractivity contribution in [3.05, 3.63) is 22.4 Å². The average molecular weight is 331 g/mol. The molecule has 0 aromatic carbocycles. The van der Waals surface area contributed by atoms with E-state index in [9.17, 15) is 14.7 Å². The molecule has 1 aliphatic heterocycles. The number of carboxylic acid groups (broad SMARTS) is 1. The molecule has 1 aromatic rings. The number of aromatic nitrogens is 1. The Morgan fingerprint density at radius 1 is 1.53 bits per heavy atom. The van der Waals surface area contributed by atoms with Crippen molar-refractivity contribution in [2.45, 2.75) is 32.0 Å². The summed E-state index contributed by atoms with van der Waals surface area (Å²) >= 11 is 3.30. The Morgan fingerprint density at radius 3 is 2.79 bits per heavy atom. The van der Waals surface area contributed by atoms with Crippen LogP contribution in [0.5, 0.6) is 0 Å². The van der Waals surface area contributed by atoms with Gasteiger partial charge in [0.25, 0.3) is 5.91 Å². The first kappa shape index (κ1) is 14.1. The number of aliphatic hydroxyl groups is 1. The molecule has 104 valence electrons. The molecule has 0 aliphatic carbocycles. The van der Waals surface area contributed by atoms with Crippen LogP contribution in [0, 0.1) is 0 Å². The number of aryl methyl sites for hydroxylation is 1. The summed E-state index contributed by atoms with van der Waals surface area (Å²) in [6, 6.07) is 0.705. The van der Waals surface area contributed by atoms with Crippen molar-refractivity contribution >= 4 is 27.8 Å². The Morgan fingerprint density at radius 2 is 2.21 bits per heavy atom. The summed E-state index contributed by atoms with van der Waals surface area (Å²) in [5.41, 5.74) is 0.426. The van der Waals surface area contributed by atoms with Crippen molar-refractivity contribution in [1.29, 1.82) is 0 Å². The summed E-state index contributed by atoms with van der Waals surface area (Å²) < 4.78 is 2.51. The monoisotopic (exact) mass is 330 g/mol. The minimum Gasteiger partial charge on any atom is -0.480 e. The molecule has 0 bridgehead atoms. The lowest BCUT2D eigenvalue weighted by atomic mass is 10.2. The molecule has 2 heterocycles. The number of carbonyl (C=O) groups is 2. The van der Waals surface area contributed by atoms with Crippen LogP contribution in [0.15, 0.2) is 16.7 Å². The van der Waals surface area contributed by atoms with Gasteiger partial charge in [0, 0.05) is 30.2 Å². The minimum atomic E-state index is -1.08. The maximum absolute atomic E-state index is 12.4. The van der Waals surface area contributed by atoms with Crippen molar-refractivity contribution in [1.82, 2.24) is 9.47 Å². The Labute approximate surface area is 118 Å². The largest absolute Gasteiger partial charge is 0.480 e. The molecule has 1 aliphatic rings. The molecule has 2 rings (SSSR count). The quantitative estimate of drug-likeness (QED) is 0.863. The first-order valence-electron chi connectivity index (χ1n) is 6.01. The van der Waals surface area contributed by atoms with Crippen LogP contribution in [-0.4, -0.2) is 50.2 Å². The van der Waals surface area contributed by atoms with Gasteiger partial charge >= 0.3 is 5.97 Å². The van der Waals surface area contributed by atoms with E-state index in [2.05, 4.69) is 15.9 Å². The number of carboxylic acids is 1. The highest BCUT2D eigenvalue weighted by molar-refractivity contribution is 9.10. The molecule has 0 saturated carbocycles. The van der Waals surface area contributed by atoms with E-state index in [-0.39, 0.29) is 18.9 Å². The third-order valence-electron chi connectivity index (χ3n) is 3.25. The molecule has 2 N–H and O–H groups in total. The van der Waals surface area contributed by atoms with Crippen molar-refractivity contribution in [2.75, 3.05) is 6.54 Å². The second-order valence-corrected chi connectivity index (χ2v) is 5.45. The zero-order chi connectivity index (χ0) is 14.2. The lowest BCUT2D eigenvalue weighted by molar-refractivity contribution is -0.141. The van der Waals surface area contributed by atoms with Crippen LogP contribution >= 0.6 is 15.9 Å². The van der Waals surface area contributed by atoms with E-state index in [1.54, 1.807) is 16.8 Å². The summed E-state index contributed by atoms with van der Waals surface area (Å²) in [5, 5.41) is 18.7. The zero-order valence-electron chi connectivity index (χ0n) is 10.4. The van der Waals surface area contributed by atoms with Crippen LogP contribution in [0.1, 0.15) is 23.8 Å². The van der Waals surface area contributed by atoms with Gasteiger partial charge < -0.3 is 19.7 Å². The Kier molecular flexibility index (Phi) is 3.96. The van der Waals surface area contributed by atoms with Gasteiger partial charge in [-0.15, -0.1) is 0 Å². The number of β-amino-alcohol motifs (C(OH)–C–C–N with tert-alkyl or cyclic N) is 1. The SMILES string of the molecule is CCn1cc(Br)cc1C(=O)N1C[C@H](O)C[C@H]1C(=O)O. The number of aliphatic hydroxyl groups excluding tert-OH is 1. The predicted octanol–water partition coefficient (Wildman–Crippen LogP) is 0.930. The van der Waals surface area contributed by atoms with E-state index < -0.39 is 18.1 Å². The lowest BCUT2D eigenvalue weighted by Crippen LogP contribution is -2.41. The molecule has 1 amide bonds. The van der Waals surface area contributed by atoms with Crippen LogP contribution in [-0.2, 0) is 11.3 Å². The van der Waals surface area contributed by atoms with E-state index >= 15 is 0 Å². The first-order chi connectivity index (χ1) is 8.93. The number of rotatable bonds is 3. The second-order valence-electron chi connectivity index (χ2n) is 4.53. The summed E-state index contributed by atoms with van der Waals surface area (Å²) in [5.74, 6) is -1.45.